The zero-order chi connectivity index (χ0) is 26.2. The van der Waals surface area contributed by atoms with Gasteiger partial charge < -0.3 is 10.2 Å². The summed E-state index contributed by atoms with van der Waals surface area (Å²) in [4.78, 5) is 67.3. The van der Waals surface area contributed by atoms with Gasteiger partial charge in [0.05, 0.1) is 11.5 Å². The van der Waals surface area contributed by atoms with Crippen molar-refractivity contribution in [2.45, 2.75) is 60.0 Å². The van der Waals surface area contributed by atoms with Gasteiger partial charge in [0.15, 0.2) is 28.7 Å². The highest BCUT2D eigenvalue weighted by atomic mass is 16.3. The molecule has 2 saturated carbocycles. The summed E-state index contributed by atoms with van der Waals surface area (Å²) in [6.07, 6.45) is 0.218. The number of carbonyl (C=O) groups excluding carboxylic acids is 5. The number of rotatable bonds is 2. The van der Waals surface area contributed by atoms with Gasteiger partial charge in [-0.05, 0) is 55.7 Å². The molecular formula is C28H30O7. The number of phenols is 1. The van der Waals surface area contributed by atoms with Crippen molar-refractivity contribution in [3.63, 3.8) is 0 Å². The van der Waals surface area contributed by atoms with Crippen LogP contribution in [0.1, 0.15) is 69.4 Å². The summed E-state index contributed by atoms with van der Waals surface area (Å²) < 4.78 is 0. The van der Waals surface area contributed by atoms with Gasteiger partial charge in [-0.3, -0.25) is 24.0 Å². The monoisotopic (exact) mass is 478 g/mol. The van der Waals surface area contributed by atoms with Crippen molar-refractivity contribution >= 4 is 28.9 Å². The van der Waals surface area contributed by atoms with Crippen molar-refractivity contribution in [1.82, 2.24) is 0 Å². The van der Waals surface area contributed by atoms with Gasteiger partial charge in [0.25, 0.3) is 0 Å². The topological polar surface area (TPSA) is 126 Å². The van der Waals surface area contributed by atoms with Crippen LogP contribution in [0.5, 0.6) is 5.75 Å². The quantitative estimate of drug-likeness (QED) is 0.494. The summed E-state index contributed by atoms with van der Waals surface area (Å²) in [5.74, 6) is -3.18. The molecule has 1 aromatic rings. The molecule has 6 atom stereocenters. The molecule has 3 aliphatic rings. The minimum atomic E-state index is -2.68. The molecule has 2 fully saturated rings. The molecule has 0 spiro atoms. The van der Waals surface area contributed by atoms with E-state index in [0.29, 0.717) is 11.1 Å². The lowest BCUT2D eigenvalue weighted by atomic mass is 9.40. The third kappa shape index (κ3) is 2.99. The number of fused-ring (bicyclic) bond motifs is 3. The van der Waals surface area contributed by atoms with Gasteiger partial charge in [-0.15, -0.1) is 5.92 Å². The number of aromatic hydroxyl groups is 1. The van der Waals surface area contributed by atoms with Crippen LogP contribution in [0.15, 0.2) is 12.1 Å². The van der Waals surface area contributed by atoms with E-state index in [1.807, 2.05) is 0 Å². The smallest absolute Gasteiger partial charge is 0.190 e. The van der Waals surface area contributed by atoms with E-state index in [0.717, 1.165) is 6.92 Å². The number of phenolic OH excluding ortho intramolecular Hbond substituents is 1. The first kappa shape index (κ1) is 25.0. The van der Waals surface area contributed by atoms with E-state index in [4.69, 9.17) is 0 Å². The minimum absolute atomic E-state index is 0.0255. The predicted octanol–water partition coefficient (Wildman–Crippen LogP) is 2.46. The second kappa shape index (κ2) is 7.69. The molecule has 0 aromatic heterocycles. The normalized spacial score (nSPS) is 36.2. The Morgan fingerprint density at radius 3 is 2.29 bits per heavy atom. The van der Waals surface area contributed by atoms with Crippen molar-refractivity contribution in [3.05, 3.63) is 28.8 Å². The number of benzene rings is 1. The first-order valence-corrected chi connectivity index (χ1v) is 11.8. The molecule has 2 N–H and O–H groups in total. The van der Waals surface area contributed by atoms with E-state index in [1.165, 1.54) is 6.07 Å². The summed E-state index contributed by atoms with van der Waals surface area (Å²) in [5, 5.41) is 22.5. The summed E-state index contributed by atoms with van der Waals surface area (Å²) in [6, 6.07) is 2.96. The third-order valence-corrected chi connectivity index (χ3v) is 8.52. The first-order chi connectivity index (χ1) is 16.2. The maximum atomic E-state index is 14.1. The highest BCUT2D eigenvalue weighted by Gasteiger charge is 2.76. The first-order valence-electron chi connectivity index (χ1n) is 11.8. The average Bonchev–Trinajstić information content (AvgIpc) is 2.72. The zero-order valence-corrected chi connectivity index (χ0v) is 20.8. The van der Waals surface area contributed by atoms with E-state index in [2.05, 4.69) is 11.8 Å². The van der Waals surface area contributed by atoms with Crippen LogP contribution in [0.3, 0.4) is 0 Å². The summed E-state index contributed by atoms with van der Waals surface area (Å²) in [5.41, 5.74) is -4.21. The fourth-order valence-corrected chi connectivity index (χ4v) is 7.39. The molecule has 35 heavy (non-hydrogen) atoms. The van der Waals surface area contributed by atoms with Crippen molar-refractivity contribution in [3.8, 4) is 17.6 Å². The highest BCUT2D eigenvalue weighted by molar-refractivity contribution is 6.32. The molecule has 4 rings (SSSR count). The molecule has 7 nitrogen and oxygen atoms in total. The Labute approximate surface area is 204 Å². The number of hydrogen-bond acceptors (Lipinski definition) is 7. The molecule has 0 radical (unpaired) electrons. The van der Waals surface area contributed by atoms with E-state index < -0.39 is 63.1 Å². The van der Waals surface area contributed by atoms with Crippen LogP contribution >= 0.6 is 0 Å². The number of Topliss-reactive ketones (excluding diaryl/α,β-unsaturated/α-hetero) is 5. The number of ketones is 5. The Morgan fingerprint density at radius 2 is 1.74 bits per heavy atom. The minimum Gasteiger partial charge on any atom is -0.507 e. The average molecular weight is 479 g/mol. The fraction of sp³-hybridized carbons (Fsp3) is 0.536. The van der Waals surface area contributed by atoms with Crippen LogP contribution in [0.4, 0.5) is 0 Å². The molecule has 0 heterocycles. The van der Waals surface area contributed by atoms with Gasteiger partial charge in [-0.25, -0.2) is 0 Å². The second-order valence-corrected chi connectivity index (χ2v) is 11.2. The van der Waals surface area contributed by atoms with Crippen molar-refractivity contribution in [2.75, 3.05) is 0 Å². The summed E-state index contributed by atoms with van der Waals surface area (Å²) >= 11 is 0. The summed E-state index contributed by atoms with van der Waals surface area (Å²) in [7, 11) is 0. The molecule has 0 aliphatic heterocycles. The zero-order valence-electron chi connectivity index (χ0n) is 20.8. The van der Waals surface area contributed by atoms with Crippen LogP contribution < -0.4 is 0 Å². The Hall–Kier alpha value is -3.11. The lowest BCUT2D eigenvalue weighted by Gasteiger charge is -2.61. The van der Waals surface area contributed by atoms with Gasteiger partial charge >= 0.3 is 0 Å². The van der Waals surface area contributed by atoms with Gasteiger partial charge in [-0.1, -0.05) is 33.6 Å². The largest absolute Gasteiger partial charge is 0.507 e. The summed E-state index contributed by atoms with van der Waals surface area (Å²) in [6.45, 7) is 9.56. The maximum absolute atomic E-state index is 14.1. The van der Waals surface area contributed by atoms with Gasteiger partial charge in [-0.2, -0.15) is 0 Å². The van der Waals surface area contributed by atoms with Gasteiger partial charge in [0, 0.05) is 16.9 Å². The number of aliphatic hydroxyl groups is 1. The van der Waals surface area contributed by atoms with Crippen LogP contribution in [0.2, 0.25) is 0 Å². The molecule has 0 saturated heterocycles. The molecule has 3 aliphatic carbocycles. The van der Waals surface area contributed by atoms with E-state index in [1.54, 1.807) is 40.7 Å². The Morgan fingerprint density at radius 1 is 1.11 bits per heavy atom. The van der Waals surface area contributed by atoms with E-state index in [9.17, 15) is 34.2 Å². The van der Waals surface area contributed by atoms with Crippen LogP contribution in [-0.4, -0.2) is 44.7 Å². The molecule has 0 amide bonds. The van der Waals surface area contributed by atoms with Crippen LogP contribution in [-0.2, 0) is 25.6 Å². The molecule has 3 unspecified atom stereocenters. The van der Waals surface area contributed by atoms with Crippen molar-refractivity contribution in [2.24, 2.45) is 34.5 Å². The lowest BCUT2D eigenvalue weighted by molar-refractivity contribution is -0.205. The highest BCUT2D eigenvalue weighted by Crippen LogP contribution is 2.63. The van der Waals surface area contributed by atoms with E-state index >= 15 is 0 Å². The second-order valence-electron chi connectivity index (χ2n) is 11.2. The number of carbonyl (C=O) groups is 5. The lowest BCUT2D eigenvalue weighted by Crippen LogP contribution is -2.76. The maximum Gasteiger partial charge on any atom is 0.190 e. The Kier molecular flexibility index (Phi) is 5.50. The van der Waals surface area contributed by atoms with Crippen molar-refractivity contribution in [1.29, 1.82) is 0 Å². The molecule has 184 valence electrons. The van der Waals surface area contributed by atoms with Crippen molar-refractivity contribution < 1.29 is 34.2 Å². The molecule has 0 bridgehead atoms. The SMILES string of the molecule is CC#Cc1ccc(O)c2c1C[C@]1(C)C[C@]3(C)C(C(C)C)C(=O)C(C(C)=O)C(=O)[C@]3(O)C(=O)C1C2=O. The Balaban J connectivity index is 2.00. The van der Waals surface area contributed by atoms with Crippen LogP contribution in [0.25, 0.3) is 0 Å². The van der Waals surface area contributed by atoms with E-state index in [-0.39, 0.29) is 30.1 Å². The molecule has 1 aromatic carbocycles. The van der Waals surface area contributed by atoms with Gasteiger partial charge in [0.2, 0.25) is 0 Å². The molecular weight excluding hydrogens is 448 g/mol. The predicted molar refractivity (Wildman–Crippen MR) is 125 cm³/mol. The molecule has 7 heteroatoms. The van der Waals surface area contributed by atoms with Crippen LogP contribution in [0, 0.1) is 46.3 Å². The third-order valence-electron chi connectivity index (χ3n) is 8.52. The fourth-order valence-electron chi connectivity index (χ4n) is 7.39. The Bertz CT molecular complexity index is 1280. The standard InChI is InChI=1S/C28H30O7/c1-7-8-15-9-10-17(30)19-16(15)11-26(5)12-27(6)20(13(2)3)22(31)18(14(4)29)24(33)28(27,35)25(34)21(26)23(19)32/h9-10,13,18,20-21,30,35H,11-12H2,1-6H3/t18?,20?,21?,26-,27-,28+/m1/s1. The number of hydrogen-bond donors (Lipinski definition) is 2. The van der Waals surface area contributed by atoms with Gasteiger partial charge in [0.1, 0.15) is 17.5 Å².